The average molecular weight is 333 g/mol. The molecule has 2 aromatic carbocycles. The molecular formula is C18H21ClN2O2. The van der Waals surface area contributed by atoms with Crippen molar-refractivity contribution in [1.29, 1.82) is 0 Å². The first-order valence-corrected chi connectivity index (χ1v) is 7.98. The van der Waals surface area contributed by atoms with Crippen LogP contribution in [-0.2, 0) is 4.79 Å². The van der Waals surface area contributed by atoms with Gasteiger partial charge in [-0.3, -0.25) is 4.79 Å². The van der Waals surface area contributed by atoms with Crippen molar-refractivity contribution >= 4 is 23.2 Å². The van der Waals surface area contributed by atoms with Crippen LogP contribution in [0.15, 0.2) is 48.5 Å². The monoisotopic (exact) mass is 332 g/mol. The van der Waals surface area contributed by atoms with E-state index in [9.17, 15) is 4.79 Å². The van der Waals surface area contributed by atoms with Crippen molar-refractivity contribution in [2.75, 3.05) is 18.5 Å². The number of benzene rings is 2. The summed E-state index contributed by atoms with van der Waals surface area (Å²) in [5.74, 6) is 0.684. The maximum Gasteiger partial charge on any atom is 0.238 e. The van der Waals surface area contributed by atoms with Crippen molar-refractivity contribution in [2.24, 2.45) is 0 Å². The molecule has 0 saturated carbocycles. The van der Waals surface area contributed by atoms with E-state index in [1.807, 2.05) is 62.4 Å². The second kappa shape index (κ2) is 8.56. The van der Waals surface area contributed by atoms with Gasteiger partial charge in [-0.1, -0.05) is 29.8 Å². The third-order valence-corrected chi connectivity index (χ3v) is 3.73. The molecule has 0 heterocycles. The fourth-order valence-electron chi connectivity index (χ4n) is 2.19. The molecule has 0 aliphatic carbocycles. The zero-order valence-electron chi connectivity index (χ0n) is 13.3. The predicted molar refractivity (Wildman–Crippen MR) is 94.1 cm³/mol. The van der Waals surface area contributed by atoms with Gasteiger partial charge in [-0.2, -0.15) is 0 Å². The topological polar surface area (TPSA) is 50.4 Å². The fraction of sp³-hybridized carbons (Fsp3) is 0.278. The summed E-state index contributed by atoms with van der Waals surface area (Å²) < 4.78 is 5.37. The Morgan fingerprint density at radius 3 is 2.52 bits per heavy atom. The van der Waals surface area contributed by atoms with Gasteiger partial charge in [0.05, 0.1) is 13.2 Å². The zero-order valence-corrected chi connectivity index (χ0v) is 14.1. The van der Waals surface area contributed by atoms with Crippen molar-refractivity contribution in [3.05, 3.63) is 59.1 Å². The molecule has 23 heavy (non-hydrogen) atoms. The van der Waals surface area contributed by atoms with E-state index in [0.717, 1.165) is 17.0 Å². The van der Waals surface area contributed by atoms with E-state index in [2.05, 4.69) is 10.6 Å². The van der Waals surface area contributed by atoms with Crippen molar-refractivity contribution < 1.29 is 9.53 Å². The fourth-order valence-corrected chi connectivity index (χ4v) is 2.49. The molecule has 0 bridgehead atoms. The highest BCUT2D eigenvalue weighted by atomic mass is 35.5. The number of carbonyl (C=O) groups excluding carboxylic acids is 1. The Hall–Kier alpha value is -2.04. The molecular weight excluding hydrogens is 312 g/mol. The summed E-state index contributed by atoms with van der Waals surface area (Å²) in [5, 5.41) is 6.71. The van der Waals surface area contributed by atoms with Gasteiger partial charge in [0.15, 0.2) is 0 Å². The molecule has 0 fully saturated rings. The van der Waals surface area contributed by atoms with Crippen molar-refractivity contribution in [2.45, 2.75) is 19.9 Å². The molecule has 2 aromatic rings. The van der Waals surface area contributed by atoms with Gasteiger partial charge in [-0.05, 0) is 49.7 Å². The zero-order chi connectivity index (χ0) is 16.7. The molecule has 1 amide bonds. The van der Waals surface area contributed by atoms with Gasteiger partial charge in [0.25, 0.3) is 0 Å². The molecule has 4 nitrogen and oxygen atoms in total. The van der Waals surface area contributed by atoms with Crippen LogP contribution in [0.25, 0.3) is 0 Å². The van der Waals surface area contributed by atoms with Gasteiger partial charge in [-0.15, -0.1) is 0 Å². The number of hydrogen-bond donors (Lipinski definition) is 2. The molecule has 0 aliphatic heterocycles. The molecule has 0 aromatic heterocycles. The van der Waals surface area contributed by atoms with Gasteiger partial charge in [-0.25, -0.2) is 0 Å². The van der Waals surface area contributed by atoms with Crippen LogP contribution in [0.3, 0.4) is 0 Å². The van der Waals surface area contributed by atoms with E-state index < -0.39 is 0 Å². The highest BCUT2D eigenvalue weighted by Crippen LogP contribution is 2.22. The molecule has 5 heteroatoms. The number of rotatable bonds is 7. The van der Waals surface area contributed by atoms with E-state index in [0.29, 0.717) is 11.6 Å². The van der Waals surface area contributed by atoms with E-state index in [-0.39, 0.29) is 18.5 Å². The maximum absolute atomic E-state index is 12.0. The summed E-state index contributed by atoms with van der Waals surface area (Å²) in [6.07, 6.45) is 0. The van der Waals surface area contributed by atoms with Crippen LogP contribution in [0, 0.1) is 0 Å². The maximum atomic E-state index is 12.0. The number of ether oxygens (including phenoxy) is 1. The lowest BCUT2D eigenvalue weighted by Gasteiger charge is -2.15. The van der Waals surface area contributed by atoms with Crippen LogP contribution >= 0.6 is 11.6 Å². The van der Waals surface area contributed by atoms with Crippen LogP contribution in [0.4, 0.5) is 5.69 Å². The molecule has 2 rings (SSSR count). The highest BCUT2D eigenvalue weighted by molar-refractivity contribution is 6.31. The lowest BCUT2D eigenvalue weighted by Crippen LogP contribution is -2.30. The predicted octanol–water partition coefficient (Wildman–Crippen LogP) is 4.03. The number of hydrogen-bond acceptors (Lipinski definition) is 3. The number of nitrogens with one attached hydrogen (secondary N) is 2. The summed E-state index contributed by atoms with van der Waals surface area (Å²) in [7, 11) is 0. The number of anilines is 1. The van der Waals surface area contributed by atoms with Crippen LogP contribution in [0.2, 0.25) is 5.02 Å². The SMILES string of the molecule is CCOc1ccc(NC(=O)CN[C@@H](C)c2ccccc2Cl)cc1. The summed E-state index contributed by atoms with van der Waals surface area (Å²) in [6.45, 7) is 4.74. The first-order valence-electron chi connectivity index (χ1n) is 7.60. The summed E-state index contributed by atoms with van der Waals surface area (Å²) in [4.78, 5) is 12.0. The number of carbonyl (C=O) groups is 1. The Balaban J connectivity index is 1.84. The largest absolute Gasteiger partial charge is 0.494 e. The minimum atomic E-state index is -0.104. The normalized spacial score (nSPS) is 11.8. The minimum absolute atomic E-state index is 0.00483. The molecule has 0 spiro atoms. The third kappa shape index (κ3) is 5.27. The lowest BCUT2D eigenvalue weighted by atomic mass is 10.1. The second-order valence-electron chi connectivity index (χ2n) is 5.13. The molecule has 0 radical (unpaired) electrons. The van der Waals surface area contributed by atoms with Gasteiger partial charge >= 0.3 is 0 Å². The first-order chi connectivity index (χ1) is 11.1. The van der Waals surface area contributed by atoms with Gasteiger partial charge in [0, 0.05) is 16.8 Å². The van der Waals surface area contributed by atoms with Crippen LogP contribution in [0.5, 0.6) is 5.75 Å². The molecule has 0 unspecified atom stereocenters. The highest BCUT2D eigenvalue weighted by Gasteiger charge is 2.10. The summed E-state index contributed by atoms with van der Waals surface area (Å²) in [6, 6.07) is 14.9. The van der Waals surface area contributed by atoms with Gasteiger partial charge in [0.1, 0.15) is 5.75 Å². The van der Waals surface area contributed by atoms with Crippen LogP contribution < -0.4 is 15.4 Å². The van der Waals surface area contributed by atoms with Crippen molar-refractivity contribution in [3.63, 3.8) is 0 Å². The van der Waals surface area contributed by atoms with Crippen molar-refractivity contribution in [3.8, 4) is 5.75 Å². The quantitative estimate of drug-likeness (QED) is 0.805. The standard InChI is InChI=1S/C18H21ClN2O2/c1-3-23-15-10-8-14(9-11-15)21-18(22)12-20-13(2)16-6-4-5-7-17(16)19/h4-11,13,20H,3,12H2,1-2H3,(H,21,22)/t13-/m0/s1. The molecule has 122 valence electrons. The lowest BCUT2D eigenvalue weighted by molar-refractivity contribution is -0.115. The third-order valence-electron chi connectivity index (χ3n) is 3.39. The Morgan fingerprint density at radius 2 is 1.87 bits per heavy atom. The number of amides is 1. The average Bonchev–Trinajstić information content (AvgIpc) is 2.55. The van der Waals surface area contributed by atoms with E-state index in [1.54, 1.807) is 0 Å². The smallest absolute Gasteiger partial charge is 0.238 e. The first kappa shape index (κ1) is 17.3. The Morgan fingerprint density at radius 1 is 1.17 bits per heavy atom. The minimum Gasteiger partial charge on any atom is -0.494 e. The number of halogens is 1. The van der Waals surface area contributed by atoms with Crippen LogP contribution in [-0.4, -0.2) is 19.1 Å². The van der Waals surface area contributed by atoms with Gasteiger partial charge in [0.2, 0.25) is 5.91 Å². The Labute approximate surface area is 141 Å². The van der Waals surface area contributed by atoms with E-state index in [1.165, 1.54) is 0 Å². The summed E-state index contributed by atoms with van der Waals surface area (Å²) >= 11 is 6.15. The Kier molecular flexibility index (Phi) is 6.44. The molecule has 2 N–H and O–H groups in total. The van der Waals surface area contributed by atoms with Gasteiger partial charge < -0.3 is 15.4 Å². The molecule has 0 saturated heterocycles. The summed E-state index contributed by atoms with van der Waals surface area (Å²) in [5.41, 5.74) is 1.72. The Bertz CT molecular complexity index is 644. The van der Waals surface area contributed by atoms with E-state index in [4.69, 9.17) is 16.3 Å². The molecule has 1 atom stereocenters. The van der Waals surface area contributed by atoms with Crippen molar-refractivity contribution in [1.82, 2.24) is 5.32 Å². The molecule has 0 aliphatic rings. The van der Waals surface area contributed by atoms with Crippen LogP contribution in [0.1, 0.15) is 25.5 Å². The second-order valence-corrected chi connectivity index (χ2v) is 5.54. The van der Waals surface area contributed by atoms with E-state index >= 15 is 0 Å².